The predicted molar refractivity (Wildman–Crippen MR) is 101 cm³/mol. The van der Waals surface area contributed by atoms with Gasteiger partial charge in [-0.25, -0.2) is 4.39 Å². The Bertz CT molecular complexity index is 840. The molecule has 8 heteroatoms. The maximum absolute atomic E-state index is 14.4. The van der Waals surface area contributed by atoms with Gasteiger partial charge in [0.25, 0.3) is 0 Å². The van der Waals surface area contributed by atoms with Crippen LogP contribution in [0.15, 0.2) is 30.5 Å². The van der Waals surface area contributed by atoms with Crippen LogP contribution in [0.3, 0.4) is 0 Å². The standard InChI is InChI=1S/C20H25FN4O3/c1-25(13-15-7-10-22-24-15)19(27)6-9-20(8-5-18(26)23-20)12-14-3-4-16(28-2)11-17(14)21/h3-4,7,10-11H,5-6,8-9,12-13H2,1-2H3,(H,22,24)(H,23,26). The van der Waals surface area contributed by atoms with Gasteiger partial charge in [-0.2, -0.15) is 5.10 Å². The fourth-order valence-corrected chi connectivity index (χ4v) is 3.60. The van der Waals surface area contributed by atoms with Crippen LogP contribution in [0.25, 0.3) is 0 Å². The van der Waals surface area contributed by atoms with E-state index in [1.165, 1.54) is 13.2 Å². The summed E-state index contributed by atoms with van der Waals surface area (Å²) in [5.74, 6) is -0.0264. The van der Waals surface area contributed by atoms with Crippen LogP contribution in [0.2, 0.25) is 0 Å². The van der Waals surface area contributed by atoms with Crippen LogP contribution in [0.5, 0.6) is 5.75 Å². The maximum atomic E-state index is 14.4. The molecule has 2 heterocycles. The monoisotopic (exact) mass is 388 g/mol. The Morgan fingerprint density at radius 3 is 2.82 bits per heavy atom. The first-order valence-electron chi connectivity index (χ1n) is 9.26. The highest BCUT2D eigenvalue weighted by Crippen LogP contribution is 2.31. The molecule has 0 radical (unpaired) electrons. The molecule has 1 aromatic heterocycles. The second-order valence-corrected chi connectivity index (χ2v) is 7.29. The number of rotatable bonds is 8. The summed E-state index contributed by atoms with van der Waals surface area (Å²) in [5.41, 5.74) is 0.734. The first kappa shape index (κ1) is 19.9. The number of carbonyl (C=O) groups excluding carboxylic acids is 2. The number of aromatic amines is 1. The van der Waals surface area contributed by atoms with E-state index in [9.17, 15) is 14.0 Å². The lowest BCUT2D eigenvalue weighted by Crippen LogP contribution is -2.44. The van der Waals surface area contributed by atoms with E-state index in [1.807, 2.05) is 6.07 Å². The third-order valence-corrected chi connectivity index (χ3v) is 5.23. The second kappa shape index (κ2) is 8.41. The van der Waals surface area contributed by atoms with E-state index in [0.717, 1.165) is 5.69 Å². The molecule has 28 heavy (non-hydrogen) atoms. The molecule has 1 saturated heterocycles. The Labute approximate surface area is 163 Å². The number of amides is 2. The van der Waals surface area contributed by atoms with Crippen molar-refractivity contribution in [2.75, 3.05) is 14.2 Å². The number of methoxy groups -OCH3 is 1. The van der Waals surface area contributed by atoms with Crippen molar-refractivity contribution in [3.05, 3.63) is 47.5 Å². The normalized spacial score (nSPS) is 18.8. The van der Waals surface area contributed by atoms with Crippen LogP contribution < -0.4 is 10.1 Å². The molecular weight excluding hydrogens is 363 g/mol. The quantitative estimate of drug-likeness (QED) is 0.726. The number of benzene rings is 1. The number of carbonyl (C=O) groups is 2. The fraction of sp³-hybridized carbons (Fsp3) is 0.450. The van der Waals surface area contributed by atoms with Gasteiger partial charge in [-0.1, -0.05) is 6.07 Å². The minimum Gasteiger partial charge on any atom is -0.497 e. The molecule has 2 N–H and O–H groups in total. The molecule has 2 aromatic rings. The Balaban J connectivity index is 1.66. The van der Waals surface area contributed by atoms with Crippen molar-refractivity contribution < 1.29 is 18.7 Å². The van der Waals surface area contributed by atoms with E-state index in [0.29, 0.717) is 43.5 Å². The molecule has 1 aromatic carbocycles. The van der Waals surface area contributed by atoms with Gasteiger partial charge in [0.15, 0.2) is 0 Å². The summed E-state index contributed by atoms with van der Waals surface area (Å²) < 4.78 is 19.5. The summed E-state index contributed by atoms with van der Waals surface area (Å²) in [4.78, 5) is 26.1. The molecule has 0 spiro atoms. The Kier molecular flexibility index (Phi) is 5.96. The van der Waals surface area contributed by atoms with Crippen LogP contribution in [0, 0.1) is 5.82 Å². The first-order chi connectivity index (χ1) is 13.4. The van der Waals surface area contributed by atoms with Crippen molar-refractivity contribution >= 4 is 11.8 Å². The minimum atomic E-state index is -0.614. The highest BCUT2D eigenvalue weighted by molar-refractivity contribution is 5.80. The molecule has 0 aliphatic carbocycles. The molecule has 7 nitrogen and oxygen atoms in total. The summed E-state index contributed by atoms with van der Waals surface area (Å²) in [6.07, 6.45) is 3.66. The summed E-state index contributed by atoms with van der Waals surface area (Å²) in [7, 11) is 3.21. The average molecular weight is 388 g/mol. The molecule has 1 aliphatic heterocycles. The highest BCUT2D eigenvalue weighted by Gasteiger charge is 2.38. The van der Waals surface area contributed by atoms with Crippen molar-refractivity contribution in [1.29, 1.82) is 0 Å². The summed E-state index contributed by atoms with van der Waals surface area (Å²) in [6.45, 7) is 0.436. The van der Waals surface area contributed by atoms with Crippen LogP contribution >= 0.6 is 0 Å². The molecule has 0 saturated carbocycles. The van der Waals surface area contributed by atoms with E-state index in [2.05, 4.69) is 15.5 Å². The Morgan fingerprint density at radius 2 is 2.21 bits per heavy atom. The molecular formula is C20H25FN4O3. The third kappa shape index (κ3) is 4.68. The number of hydrogen-bond donors (Lipinski definition) is 2. The first-order valence-corrected chi connectivity index (χ1v) is 9.26. The molecule has 150 valence electrons. The predicted octanol–water partition coefficient (Wildman–Crippen LogP) is 2.19. The topological polar surface area (TPSA) is 87.3 Å². The number of nitrogens with zero attached hydrogens (tertiary/aromatic N) is 2. The summed E-state index contributed by atoms with van der Waals surface area (Å²) in [5, 5.41) is 9.69. The lowest BCUT2D eigenvalue weighted by Gasteiger charge is -2.30. The Hall–Kier alpha value is -2.90. The van der Waals surface area contributed by atoms with E-state index in [4.69, 9.17) is 4.74 Å². The number of nitrogens with one attached hydrogen (secondary N) is 2. The summed E-state index contributed by atoms with van der Waals surface area (Å²) in [6, 6.07) is 6.52. The highest BCUT2D eigenvalue weighted by atomic mass is 19.1. The lowest BCUT2D eigenvalue weighted by molar-refractivity contribution is -0.131. The zero-order chi connectivity index (χ0) is 20.1. The van der Waals surface area contributed by atoms with Gasteiger partial charge in [-0.05, 0) is 37.0 Å². The zero-order valence-electron chi connectivity index (χ0n) is 16.1. The maximum Gasteiger partial charge on any atom is 0.222 e. The van der Waals surface area contributed by atoms with Crippen LogP contribution in [0.1, 0.15) is 36.9 Å². The Morgan fingerprint density at radius 1 is 1.39 bits per heavy atom. The lowest BCUT2D eigenvalue weighted by atomic mass is 9.84. The molecule has 2 amide bonds. The number of ether oxygens (including phenoxy) is 1. The van der Waals surface area contributed by atoms with E-state index >= 15 is 0 Å². The van der Waals surface area contributed by atoms with Gasteiger partial charge < -0.3 is 15.0 Å². The van der Waals surface area contributed by atoms with Crippen LogP contribution in [0.4, 0.5) is 4.39 Å². The van der Waals surface area contributed by atoms with Crippen molar-refractivity contribution in [1.82, 2.24) is 20.4 Å². The number of hydrogen-bond acceptors (Lipinski definition) is 4. The second-order valence-electron chi connectivity index (χ2n) is 7.29. The number of halogens is 1. The van der Waals surface area contributed by atoms with E-state index < -0.39 is 5.54 Å². The molecule has 1 fully saturated rings. The van der Waals surface area contributed by atoms with Gasteiger partial charge in [-0.3, -0.25) is 14.7 Å². The van der Waals surface area contributed by atoms with Crippen LogP contribution in [-0.2, 0) is 22.6 Å². The van der Waals surface area contributed by atoms with E-state index in [-0.39, 0.29) is 24.1 Å². The van der Waals surface area contributed by atoms with Crippen molar-refractivity contribution in [3.63, 3.8) is 0 Å². The fourth-order valence-electron chi connectivity index (χ4n) is 3.60. The van der Waals surface area contributed by atoms with Crippen molar-refractivity contribution in [2.24, 2.45) is 0 Å². The average Bonchev–Trinajstić information content (AvgIpc) is 3.31. The largest absolute Gasteiger partial charge is 0.497 e. The van der Waals surface area contributed by atoms with Gasteiger partial charge in [0.05, 0.1) is 19.3 Å². The number of H-pyrrole nitrogens is 1. The number of aromatic nitrogens is 2. The van der Waals surface area contributed by atoms with Crippen molar-refractivity contribution in [3.8, 4) is 5.75 Å². The molecule has 0 bridgehead atoms. The van der Waals surface area contributed by atoms with Gasteiger partial charge in [0, 0.05) is 37.7 Å². The van der Waals surface area contributed by atoms with Gasteiger partial charge in [-0.15, -0.1) is 0 Å². The molecule has 1 unspecified atom stereocenters. The SMILES string of the molecule is COc1ccc(CC2(CCC(=O)N(C)Cc3ccn[nH]3)CCC(=O)N2)c(F)c1. The van der Waals surface area contributed by atoms with Gasteiger partial charge >= 0.3 is 0 Å². The molecule has 1 atom stereocenters. The van der Waals surface area contributed by atoms with E-state index in [1.54, 1.807) is 30.3 Å². The summed E-state index contributed by atoms with van der Waals surface area (Å²) >= 11 is 0. The third-order valence-electron chi connectivity index (χ3n) is 5.23. The van der Waals surface area contributed by atoms with Gasteiger partial charge in [0.2, 0.25) is 11.8 Å². The minimum absolute atomic E-state index is 0.0367. The molecule has 1 aliphatic rings. The smallest absolute Gasteiger partial charge is 0.222 e. The van der Waals surface area contributed by atoms with Crippen LogP contribution in [-0.4, -0.2) is 46.6 Å². The molecule has 3 rings (SSSR count). The van der Waals surface area contributed by atoms with Crippen molar-refractivity contribution in [2.45, 2.75) is 44.2 Å². The zero-order valence-corrected chi connectivity index (χ0v) is 16.1. The van der Waals surface area contributed by atoms with Gasteiger partial charge in [0.1, 0.15) is 11.6 Å².